The Hall–Kier alpha value is -0.620. The molecule has 2 unspecified atom stereocenters. The van der Waals surface area contributed by atoms with Crippen LogP contribution in [0.5, 0.6) is 0 Å². The van der Waals surface area contributed by atoms with Gasteiger partial charge in [-0.25, -0.2) is 0 Å². The molecule has 2 atom stereocenters. The molecule has 0 spiro atoms. The number of likely N-dealkylation sites (tertiary alicyclic amines) is 1. The molecule has 0 amide bonds. The monoisotopic (exact) mass is 344 g/mol. The lowest BCUT2D eigenvalue weighted by Crippen LogP contribution is -2.42. The molecule has 1 fully saturated rings. The van der Waals surface area contributed by atoms with Crippen molar-refractivity contribution < 1.29 is 4.21 Å². The summed E-state index contributed by atoms with van der Waals surface area (Å²) in [5.41, 5.74) is 0. The number of guanidine groups is 1. The van der Waals surface area contributed by atoms with E-state index in [0.29, 0.717) is 12.3 Å². The molecular weight excluding hydrogens is 308 g/mol. The highest BCUT2D eigenvalue weighted by Gasteiger charge is 2.26. The first kappa shape index (κ1) is 20.4. The van der Waals surface area contributed by atoms with Crippen molar-refractivity contribution in [3.8, 4) is 0 Å². The van der Waals surface area contributed by atoms with E-state index >= 15 is 0 Å². The largest absolute Gasteiger partial charge is 0.355 e. The SMILES string of the molecule is CCN(CC)CC1CCN(C(=NC)NCCS(=O)C(C)(C)C)C1. The smallest absolute Gasteiger partial charge is 0.193 e. The summed E-state index contributed by atoms with van der Waals surface area (Å²) in [5.74, 6) is 2.34. The van der Waals surface area contributed by atoms with Gasteiger partial charge >= 0.3 is 0 Å². The number of nitrogens with zero attached hydrogens (tertiary/aromatic N) is 3. The molecule has 136 valence electrons. The van der Waals surface area contributed by atoms with Crippen molar-refractivity contribution in [2.75, 3.05) is 52.1 Å². The third kappa shape index (κ3) is 6.79. The minimum atomic E-state index is -0.817. The van der Waals surface area contributed by atoms with Crippen molar-refractivity contribution in [2.24, 2.45) is 10.9 Å². The fourth-order valence-corrected chi connectivity index (χ4v) is 3.81. The Kier molecular flexibility index (Phi) is 8.54. The second-order valence-corrected chi connectivity index (χ2v) is 9.55. The number of nitrogens with one attached hydrogen (secondary N) is 1. The van der Waals surface area contributed by atoms with Gasteiger partial charge in [0.1, 0.15) is 0 Å². The average Bonchev–Trinajstić information content (AvgIpc) is 2.96. The first-order chi connectivity index (χ1) is 10.8. The van der Waals surface area contributed by atoms with Crippen LogP contribution in [0.25, 0.3) is 0 Å². The molecule has 0 aromatic carbocycles. The maximum atomic E-state index is 12.1. The summed E-state index contributed by atoms with van der Waals surface area (Å²) in [6, 6.07) is 0. The summed E-state index contributed by atoms with van der Waals surface area (Å²) >= 11 is 0. The molecule has 1 N–H and O–H groups in total. The average molecular weight is 345 g/mol. The molecule has 0 saturated carbocycles. The summed E-state index contributed by atoms with van der Waals surface area (Å²) in [7, 11) is 1.02. The zero-order chi connectivity index (χ0) is 17.5. The van der Waals surface area contributed by atoms with E-state index in [1.807, 2.05) is 27.8 Å². The highest BCUT2D eigenvalue weighted by molar-refractivity contribution is 7.86. The highest BCUT2D eigenvalue weighted by atomic mass is 32.2. The van der Waals surface area contributed by atoms with Crippen molar-refractivity contribution in [1.29, 1.82) is 0 Å². The second-order valence-electron chi connectivity index (χ2n) is 7.22. The molecule has 5 nitrogen and oxygen atoms in total. The molecular formula is C17H36N4OS. The maximum absolute atomic E-state index is 12.1. The third-order valence-corrected chi connectivity index (χ3v) is 6.40. The van der Waals surface area contributed by atoms with E-state index in [9.17, 15) is 4.21 Å². The molecule has 1 aliphatic rings. The van der Waals surface area contributed by atoms with Gasteiger partial charge in [0.25, 0.3) is 0 Å². The molecule has 1 rings (SSSR count). The van der Waals surface area contributed by atoms with E-state index in [4.69, 9.17) is 0 Å². The van der Waals surface area contributed by atoms with Crippen molar-refractivity contribution in [3.63, 3.8) is 0 Å². The Morgan fingerprint density at radius 3 is 2.52 bits per heavy atom. The number of aliphatic imine (C=N–C) groups is 1. The first-order valence-corrected chi connectivity index (χ1v) is 10.2. The molecule has 0 aromatic heterocycles. The van der Waals surface area contributed by atoms with Gasteiger partial charge in [-0.2, -0.15) is 0 Å². The Bertz CT molecular complexity index is 402. The van der Waals surface area contributed by atoms with Crippen LogP contribution in [0.2, 0.25) is 0 Å². The van der Waals surface area contributed by atoms with Crippen molar-refractivity contribution >= 4 is 16.8 Å². The van der Waals surface area contributed by atoms with E-state index in [0.717, 1.165) is 38.1 Å². The Balaban J connectivity index is 2.40. The normalized spacial score (nSPS) is 21.1. The first-order valence-electron chi connectivity index (χ1n) is 8.88. The van der Waals surface area contributed by atoms with Crippen molar-refractivity contribution in [2.45, 2.75) is 45.8 Å². The molecule has 0 aliphatic carbocycles. The number of rotatable bonds is 7. The molecule has 0 aromatic rings. The second kappa shape index (κ2) is 9.62. The minimum Gasteiger partial charge on any atom is -0.355 e. The Labute approximate surface area is 145 Å². The summed E-state index contributed by atoms with van der Waals surface area (Å²) < 4.78 is 12.0. The highest BCUT2D eigenvalue weighted by Crippen LogP contribution is 2.17. The topological polar surface area (TPSA) is 47.9 Å². The zero-order valence-electron chi connectivity index (χ0n) is 15.9. The number of hydrogen-bond donors (Lipinski definition) is 1. The number of hydrogen-bond acceptors (Lipinski definition) is 3. The zero-order valence-corrected chi connectivity index (χ0v) is 16.7. The minimum absolute atomic E-state index is 0.145. The van der Waals surface area contributed by atoms with Crippen LogP contribution in [0, 0.1) is 5.92 Å². The van der Waals surface area contributed by atoms with E-state index < -0.39 is 10.8 Å². The van der Waals surface area contributed by atoms with Gasteiger partial charge in [-0.1, -0.05) is 13.8 Å². The molecule has 23 heavy (non-hydrogen) atoms. The van der Waals surface area contributed by atoms with Gasteiger partial charge in [0, 0.05) is 54.5 Å². The van der Waals surface area contributed by atoms with Gasteiger partial charge in [0.05, 0.1) is 0 Å². The molecule has 1 saturated heterocycles. The van der Waals surface area contributed by atoms with Crippen LogP contribution in [-0.2, 0) is 10.8 Å². The fourth-order valence-electron chi connectivity index (χ4n) is 2.92. The summed E-state index contributed by atoms with van der Waals surface area (Å²) in [4.78, 5) is 9.24. The standard InChI is InChI=1S/C17H36N4OS/c1-7-20(8-2)13-15-9-11-21(14-15)16(18-6)19-10-12-23(22)17(3,4)5/h15H,7-14H2,1-6H3,(H,18,19). The van der Waals surface area contributed by atoms with Gasteiger partial charge in [-0.05, 0) is 46.2 Å². The molecule has 1 aliphatic heterocycles. The van der Waals surface area contributed by atoms with Gasteiger partial charge < -0.3 is 15.1 Å². The Morgan fingerprint density at radius 1 is 1.35 bits per heavy atom. The fraction of sp³-hybridized carbons (Fsp3) is 0.941. The van der Waals surface area contributed by atoms with Gasteiger partial charge in [0.2, 0.25) is 0 Å². The van der Waals surface area contributed by atoms with E-state index in [1.165, 1.54) is 13.0 Å². The van der Waals surface area contributed by atoms with Crippen LogP contribution < -0.4 is 5.32 Å². The molecule has 0 bridgehead atoms. The van der Waals surface area contributed by atoms with Crippen molar-refractivity contribution in [3.05, 3.63) is 0 Å². The molecule has 6 heteroatoms. The third-order valence-electron chi connectivity index (χ3n) is 4.46. The molecule has 1 heterocycles. The Morgan fingerprint density at radius 2 is 2.00 bits per heavy atom. The van der Waals surface area contributed by atoms with E-state index in [1.54, 1.807) is 0 Å². The van der Waals surface area contributed by atoms with Crippen molar-refractivity contribution in [1.82, 2.24) is 15.1 Å². The van der Waals surface area contributed by atoms with Crippen LogP contribution >= 0.6 is 0 Å². The van der Waals surface area contributed by atoms with Crippen LogP contribution in [0.4, 0.5) is 0 Å². The maximum Gasteiger partial charge on any atom is 0.193 e. The summed E-state index contributed by atoms with van der Waals surface area (Å²) in [6.45, 7) is 16.8. The van der Waals surface area contributed by atoms with E-state index in [2.05, 4.69) is 34.0 Å². The van der Waals surface area contributed by atoms with Gasteiger partial charge in [-0.3, -0.25) is 9.20 Å². The predicted octanol–water partition coefficient (Wildman–Crippen LogP) is 1.77. The lowest BCUT2D eigenvalue weighted by atomic mass is 10.1. The summed E-state index contributed by atoms with van der Waals surface area (Å²) in [5, 5.41) is 3.39. The van der Waals surface area contributed by atoms with Crippen LogP contribution in [0.3, 0.4) is 0 Å². The summed E-state index contributed by atoms with van der Waals surface area (Å²) in [6.07, 6.45) is 1.23. The van der Waals surface area contributed by atoms with Crippen LogP contribution in [-0.4, -0.2) is 76.8 Å². The van der Waals surface area contributed by atoms with Gasteiger partial charge in [-0.15, -0.1) is 0 Å². The molecule has 0 radical (unpaired) electrons. The quantitative estimate of drug-likeness (QED) is 0.565. The van der Waals surface area contributed by atoms with E-state index in [-0.39, 0.29) is 4.75 Å². The van der Waals surface area contributed by atoms with Crippen LogP contribution in [0.15, 0.2) is 4.99 Å². The lowest BCUT2D eigenvalue weighted by Gasteiger charge is -2.25. The lowest BCUT2D eigenvalue weighted by molar-refractivity contribution is 0.255. The predicted molar refractivity (Wildman–Crippen MR) is 102 cm³/mol. The van der Waals surface area contributed by atoms with Crippen LogP contribution in [0.1, 0.15) is 41.0 Å². The van der Waals surface area contributed by atoms with Gasteiger partial charge in [0.15, 0.2) is 5.96 Å².